The molecule has 10 nitrogen and oxygen atoms in total. The van der Waals surface area contributed by atoms with Gasteiger partial charge in [0.15, 0.2) is 11.5 Å². The largest absolute Gasteiger partial charge is 0.508 e. The van der Waals surface area contributed by atoms with Crippen LogP contribution in [0.4, 0.5) is 17.1 Å². The molecule has 0 spiro atoms. The number of aromatic nitrogens is 1. The number of benzene rings is 3. The zero-order valence-electron chi connectivity index (χ0n) is 23.3. The number of anilines is 3. The molecule has 0 fully saturated rings. The summed E-state index contributed by atoms with van der Waals surface area (Å²) >= 11 is 0. The second kappa shape index (κ2) is 13.2. The van der Waals surface area contributed by atoms with Crippen LogP contribution in [0.3, 0.4) is 0 Å². The van der Waals surface area contributed by atoms with Crippen molar-refractivity contribution in [1.29, 1.82) is 0 Å². The number of phenols is 1. The Balaban J connectivity index is 1.20. The normalized spacial score (nSPS) is 12.9. The Bertz CT molecular complexity index is 1610. The molecular weight excluding hydrogens is 536 g/mol. The summed E-state index contributed by atoms with van der Waals surface area (Å²) in [5.74, 6) is 0.806. The fraction of sp³-hybridized carbons (Fsp3) is 0.250. The van der Waals surface area contributed by atoms with Crippen molar-refractivity contribution in [2.45, 2.75) is 39.0 Å². The molecule has 1 aromatic heterocycles. The van der Waals surface area contributed by atoms with Crippen molar-refractivity contribution < 1.29 is 29.6 Å². The molecule has 42 heavy (non-hydrogen) atoms. The molecule has 1 amide bonds. The number of aromatic hydroxyl groups is 1. The van der Waals surface area contributed by atoms with Crippen LogP contribution in [-0.2, 0) is 18.0 Å². The van der Waals surface area contributed by atoms with Gasteiger partial charge in [-0.05, 0) is 67.3 Å². The van der Waals surface area contributed by atoms with Gasteiger partial charge in [0.25, 0.3) is 0 Å². The summed E-state index contributed by atoms with van der Waals surface area (Å²) in [6.45, 7) is 2.54. The van der Waals surface area contributed by atoms with Gasteiger partial charge in [-0.2, -0.15) is 0 Å². The number of amides is 1. The van der Waals surface area contributed by atoms with Crippen LogP contribution in [-0.4, -0.2) is 45.6 Å². The minimum absolute atomic E-state index is 0.00163. The van der Waals surface area contributed by atoms with Crippen molar-refractivity contribution in [3.8, 4) is 17.2 Å². The first-order chi connectivity index (χ1) is 20.4. The number of carbonyl (C=O) groups is 1. The minimum atomic E-state index is -0.348. The lowest BCUT2D eigenvalue weighted by atomic mass is 10.1. The predicted molar refractivity (Wildman–Crippen MR) is 163 cm³/mol. The molecule has 0 bridgehead atoms. The number of ether oxygens (including phenoxy) is 2. The summed E-state index contributed by atoms with van der Waals surface area (Å²) in [6, 6.07) is 16.2. The highest BCUT2D eigenvalue weighted by molar-refractivity contribution is 6.04. The average molecular weight is 571 g/mol. The maximum Gasteiger partial charge on any atom is 0.248 e. The number of hydrogen-bond acceptors (Lipinski definition) is 9. The molecule has 2 heterocycles. The first kappa shape index (κ1) is 28.7. The van der Waals surface area contributed by atoms with Crippen LogP contribution < -0.4 is 25.4 Å². The number of nitrogens with zero attached hydrogens (tertiary/aromatic N) is 1. The van der Waals surface area contributed by atoms with Gasteiger partial charge >= 0.3 is 0 Å². The maximum absolute atomic E-state index is 12.8. The molecule has 0 aliphatic carbocycles. The summed E-state index contributed by atoms with van der Waals surface area (Å²) in [4.78, 5) is 17.3. The van der Waals surface area contributed by atoms with Crippen molar-refractivity contribution >= 4 is 39.9 Å². The van der Waals surface area contributed by atoms with Gasteiger partial charge in [-0.1, -0.05) is 12.1 Å². The Morgan fingerprint density at radius 2 is 1.83 bits per heavy atom. The van der Waals surface area contributed by atoms with Crippen LogP contribution in [0.5, 0.6) is 17.2 Å². The summed E-state index contributed by atoms with van der Waals surface area (Å²) < 4.78 is 11.0. The van der Waals surface area contributed by atoms with Crippen LogP contribution in [0.1, 0.15) is 36.5 Å². The third-order valence-electron chi connectivity index (χ3n) is 6.95. The van der Waals surface area contributed by atoms with Crippen molar-refractivity contribution in [1.82, 2.24) is 4.98 Å². The molecule has 218 valence electrons. The van der Waals surface area contributed by atoms with Gasteiger partial charge in [0.1, 0.15) is 5.75 Å². The molecule has 6 N–H and O–H groups in total. The lowest BCUT2D eigenvalue weighted by Crippen LogP contribution is -2.17. The van der Waals surface area contributed by atoms with E-state index in [1.807, 2.05) is 30.3 Å². The van der Waals surface area contributed by atoms with Gasteiger partial charge in [-0.15, -0.1) is 0 Å². The van der Waals surface area contributed by atoms with E-state index in [1.54, 1.807) is 30.5 Å². The summed E-state index contributed by atoms with van der Waals surface area (Å²) in [5, 5.41) is 39.6. The van der Waals surface area contributed by atoms with E-state index in [4.69, 9.17) is 9.47 Å². The molecule has 5 rings (SSSR count). The highest BCUT2D eigenvalue weighted by atomic mass is 16.7. The third kappa shape index (κ3) is 6.91. The van der Waals surface area contributed by atoms with Crippen LogP contribution in [0.25, 0.3) is 17.0 Å². The molecule has 4 aromatic rings. The Kier molecular flexibility index (Phi) is 9.05. The van der Waals surface area contributed by atoms with Crippen LogP contribution in [0.2, 0.25) is 0 Å². The lowest BCUT2D eigenvalue weighted by molar-refractivity contribution is -0.111. The molecule has 0 saturated carbocycles. The van der Waals surface area contributed by atoms with E-state index >= 15 is 0 Å². The molecule has 3 aromatic carbocycles. The van der Waals surface area contributed by atoms with Crippen LogP contribution in [0.15, 0.2) is 66.9 Å². The van der Waals surface area contributed by atoms with E-state index in [0.29, 0.717) is 40.5 Å². The summed E-state index contributed by atoms with van der Waals surface area (Å²) in [7, 11) is 0. The smallest absolute Gasteiger partial charge is 0.248 e. The number of pyridine rings is 1. The zero-order valence-corrected chi connectivity index (χ0v) is 23.3. The minimum Gasteiger partial charge on any atom is -0.508 e. The van der Waals surface area contributed by atoms with E-state index in [9.17, 15) is 20.1 Å². The predicted octanol–water partition coefficient (Wildman–Crippen LogP) is 5.00. The molecule has 1 atom stereocenters. The standard InChI is InChI=1S/C32H34N4O6/c1-20(35-27-14-22(17-37)13-23-5-3-11-34-32(23)27)4-2-10-33-25-15-29-30(42-19-41-29)16-26(25)36-31(40)9-7-21-6-8-28(39)24(12-21)18-38/h3,5-9,11-16,20,33,35,37-39H,2,4,10,17-19H2,1H3,(H,36,40). The number of carbonyl (C=O) groups excluding carboxylic acids is 1. The summed E-state index contributed by atoms with van der Waals surface area (Å²) in [5.41, 5.74) is 4.91. The molecular formula is C32H34N4O6. The van der Waals surface area contributed by atoms with E-state index in [0.717, 1.165) is 35.0 Å². The first-order valence-electron chi connectivity index (χ1n) is 13.8. The van der Waals surface area contributed by atoms with Gasteiger partial charge in [0, 0.05) is 47.9 Å². The molecule has 1 aliphatic heterocycles. The van der Waals surface area contributed by atoms with Crippen molar-refractivity contribution in [3.63, 3.8) is 0 Å². The average Bonchev–Trinajstić information content (AvgIpc) is 3.46. The fourth-order valence-electron chi connectivity index (χ4n) is 4.80. The van der Waals surface area contributed by atoms with E-state index in [2.05, 4.69) is 27.9 Å². The Morgan fingerprint density at radius 1 is 1.02 bits per heavy atom. The summed E-state index contributed by atoms with van der Waals surface area (Å²) in [6.07, 6.45) is 6.47. The Labute approximate surface area is 243 Å². The van der Waals surface area contributed by atoms with Gasteiger partial charge in [-0.25, -0.2) is 0 Å². The second-order valence-electron chi connectivity index (χ2n) is 10.1. The number of nitrogens with one attached hydrogen (secondary N) is 3. The van der Waals surface area contributed by atoms with Crippen molar-refractivity contribution in [2.24, 2.45) is 0 Å². The van der Waals surface area contributed by atoms with Gasteiger partial charge in [0.05, 0.1) is 35.8 Å². The lowest BCUT2D eigenvalue weighted by Gasteiger charge is -2.18. The number of aliphatic hydroxyl groups is 2. The topological polar surface area (TPSA) is 145 Å². The number of rotatable bonds is 12. The molecule has 0 saturated heterocycles. The third-order valence-corrected chi connectivity index (χ3v) is 6.95. The quantitative estimate of drug-likeness (QED) is 0.102. The molecule has 0 radical (unpaired) electrons. The van der Waals surface area contributed by atoms with E-state index in [-0.39, 0.29) is 37.7 Å². The molecule has 1 aliphatic rings. The first-order valence-corrected chi connectivity index (χ1v) is 13.8. The monoisotopic (exact) mass is 570 g/mol. The zero-order chi connectivity index (χ0) is 29.5. The SMILES string of the molecule is CC(CCCNc1cc2c(cc1NC(=O)C=Cc1ccc(O)c(CO)c1)OCO2)Nc1cc(CO)cc2cccnc12. The Hall–Kier alpha value is -4.80. The van der Waals surface area contributed by atoms with Crippen molar-refractivity contribution in [3.05, 3.63) is 83.6 Å². The van der Waals surface area contributed by atoms with Gasteiger partial charge in [-0.3, -0.25) is 9.78 Å². The van der Waals surface area contributed by atoms with E-state index in [1.165, 1.54) is 12.1 Å². The van der Waals surface area contributed by atoms with Gasteiger partial charge in [0.2, 0.25) is 12.7 Å². The van der Waals surface area contributed by atoms with Crippen LogP contribution in [0, 0.1) is 0 Å². The molecule has 10 heteroatoms. The number of aliphatic hydroxyl groups excluding tert-OH is 2. The highest BCUT2D eigenvalue weighted by Gasteiger charge is 2.18. The fourth-order valence-corrected chi connectivity index (χ4v) is 4.80. The van der Waals surface area contributed by atoms with Gasteiger partial charge < -0.3 is 40.7 Å². The van der Waals surface area contributed by atoms with E-state index < -0.39 is 0 Å². The number of hydrogen-bond donors (Lipinski definition) is 6. The second-order valence-corrected chi connectivity index (χ2v) is 10.1. The number of fused-ring (bicyclic) bond motifs is 2. The Morgan fingerprint density at radius 3 is 2.62 bits per heavy atom. The molecule has 1 unspecified atom stereocenters. The highest BCUT2D eigenvalue weighted by Crippen LogP contribution is 2.39. The van der Waals surface area contributed by atoms with Crippen LogP contribution >= 0.6 is 0 Å². The maximum atomic E-state index is 12.8. The van der Waals surface area contributed by atoms with Crippen molar-refractivity contribution in [2.75, 3.05) is 29.3 Å².